The molecule has 36 heavy (non-hydrogen) atoms. The van der Waals surface area contributed by atoms with Gasteiger partial charge in [-0.1, -0.05) is 48.5 Å². The number of carbonyl (C=O) groups excluding carboxylic acids is 2. The minimum Gasteiger partial charge on any atom is -0.497 e. The Hall–Kier alpha value is -4.26. The summed E-state index contributed by atoms with van der Waals surface area (Å²) in [5, 5.41) is 4.04. The Morgan fingerprint density at radius 1 is 0.972 bits per heavy atom. The lowest BCUT2D eigenvalue weighted by Gasteiger charge is -2.44. The van der Waals surface area contributed by atoms with Crippen molar-refractivity contribution in [3.63, 3.8) is 0 Å². The number of nitrogens with one attached hydrogen (secondary N) is 1. The van der Waals surface area contributed by atoms with Crippen molar-refractivity contribution in [2.75, 3.05) is 14.2 Å². The number of rotatable bonds is 7. The van der Waals surface area contributed by atoms with E-state index in [0.29, 0.717) is 30.3 Å². The number of aromatic nitrogens is 1. The molecule has 2 amide bonds. The zero-order valence-electron chi connectivity index (χ0n) is 20.7. The van der Waals surface area contributed by atoms with Crippen molar-refractivity contribution >= 4 is 22.7 Å². The predicted octanol–water partition coefficient (Wildman–Crippen LogP) is 4.39. The van der Waals surface area contributed by atoms with Crippen LogP contribution in [0.25, 0.3) is 10.9 Å². The minimum absolute atomic E-state index is 0.185. The quantitative estimate of drug-likeness (QED) is 0.423. The second kappa shape index (κ2) is 9.41. The molecule has 1 aliphatic heterocycles. The molecular weight excluding hydrogens is 454 g/mol. The SMILES string of the molecule is COc1cccc(CN2C(=O)c3cc4ccccc4n3C[C@]2(C)C(=O)NCc2ccccc2OC)c1. The van der Waals surface area contributed by atoms with Crippen molar-refractivity contribution in [2.24, 2.45) is 0 Å². The summed E-state index contributed by atoms with van der Waals surface area (Å²) in [5.41, 5.74) is 2.14. The van der Waals surface area contributed by atoms with Crippen LogP contribution < -0.4 is 14.8 Å². The van der Waals surface area contributed by atoms with Gasteiger partial charge in [0.05, 0.1) is 20.8 Å². The first-order valence-electron chi connectivity index (χ1n) is 11.9. The number of para-hydroxylation sites is 2. The van der Waals surface area contributed by atoms with Gasteiger partial charge >= 0.3 is 0 Å². The van der Waals surface area contributed by atoms with E-state index in [0.717, 1.165) is 22.0 Å². The molecule has 1 N–H and O–H groups in total. The Morgan fingerprint density at radius 3 is 2.56 bits per heavy atom. The van der Waals surface area contributed by atoms with E-state index in [9.17, 15) is 9.59 Å². The summed E-state index contributed by atoms with van der Waals surface area (Å²) in [5.74, 6) is 0.992. The van der Waals surface area contributed by atoms with Crippen molar-refractivity contribution < 1.29 is 19.1 Å². The first kappa shape index (κ1) is 23.5. The topological polar surface area (TPSA) is 72.8 Å². The number of hydrogen-bond acceptors (Lipinski definition) is 4. The van der Waals surface area contributed by atoms with Gasteiger partial charge in [0.2, 0.25) is 5.91 Å². The fraction of sp³-hybridized carbons (Fsp3) is 0.241. The van der Waals surface area contributed by atoms with Gasteiger partial charge in [-0.2, -0.15) is 0 Å². The van der Waals surface area contributed by atoms with E-state index in [-0.39, 0.29) is 18.4 Å². The van der Waals surface area contributed by atoms with E-state index in [1.54, 1.807) is 19.1 Å². The normalized spacial score (nSPS) is 17.1. The molecule has 0 bridgehead atoms. The molecule has 0 fully saturated rings. The van der Waals surface area contributed by atoms with Crippen molar-refractivity contribution in [3.8, 4) is 11.5 Å². The van der Waals surface area contributed by atoms with E-state index in [4.69, 9.17) is 9.47 Å². The van der Waals surface area contributed by atoms with Crippen molar-refractivity contribution in [1.82, 2.24) is 14.8 Å². The van der Waals surface area contributed by atoms with Crippen molar-refractivity contribution in [2.45, 2.75) is 32.1 Å². The van der Waals surface area contributed by atoms with Gasteiger partial charge in [0, 0.05) is 29.6 Å². The molecule has 7 heteroatoms. The molecule has 1 aliphatic rings. The third-order valence-electron chi connectivity index (χ3n) is 6.93. The smallest absolute Gasteiger partial charge is 0.271 e. The summed E-state index contributed by atoms with van der Waals surface area (Å²) in [6.07, 6.45) is 0. The summed E-state index contributed by atoms with van der Waals surface area (Å²) in [6, 6.07) is 24.9. The first-order chi connectivity index (χ1) is 17.4. The number of carbonyl (C=O) groups is 2. The lowest BCUT2D eigenvalue weighted by atomic mass is 9.93. The highest BCUT2D eigenvalue weighted by Crippen LogP contribution is 2.34. The maximum atomic E-state index is 13.9. The van der Waals surface area contributed by atoms with Gasteiger partial charge in [-0.3, -0.25) is 9.59 Å². The Balaban J connectivity index is 1.52. The highest BCUT2D eigenvalue weighted by Gasteiger charge is 2.47. The van der Waals surface area contributed by atoms with E-state index in [2.05, 4.69) is 5.32 Å². The van der Waals surface area contributed by atoms with Crippen LogP contribution in [0.1, 0.15) is 28.5 Å². The van der Waals surface area contributed by atoms with E-state index < -0.39 is 5.54 Å². The highest BCUT2D eigenvalue weighted by atomic mass is 16.5. The molecule has 0 saturated carbocycles. The zero-order chi connectivity index (χ0) is 25.3. The molecule has 2 heterocycles. The Morgan fingerprint density at radius 2 is 1.75 bits per heavy atom. The Labute approximate surface area is 210 Å². The second-order valence-electron chi connectivity index (χ2n) is 9.19. The molecular formula is C29H29N3O4. The van der Waals surface area contributed by atoms with Crippen LogP contribution in [0, 0.1) is 0 Å². The predicted molar refractivity (Wildman–Crippen MR) is 138 cm³/mol. The van der Waals surface area contributed by atoms with Crippen LogP contribution in [0.5, 0.6) is 11.5 Å². The van der Waals surface area contributed by atoms with Crippen LogP contribution >= 0.6 is 0 Å². The number of hydrogen-bond donors (Lipinski definition) is 1. The van der Waals surface area contributed by atoms with Crippen LogP contribution in [0.15, 0.2) is 78.9 Å². The number of amides is 2. The maximum absolute atomic E-state index is 13.9. The molecule has 0 aliphatic carbocycles. The number of ether oxygens (including phenoxy) is 2. The number of methoxy groups -OCH3 is 2. The average molecular weight is 484 g/mol. The van der Waals surface area contributed by atoms with E-state index >= 15 is 0 Å². The molecule has 4 aromatic rings. The fourth-order valence-electron chi connectivity index (χ4n) is 4.92. The van der Waals surface area contributed by atoms with Gasteiger partial charge in [0.25, 0.3) is 5.91 Å². The summed E-state index contributed by atoms with van der Waals surface area (Å²) in [6.45, 7) is 2.73. The zero-order valence-corrected chi connectivity index (χ0v) is 20.7. The lowest BCUT2D eigenvalue weighted by Crippen LogP contribution is -2.63. The molecule has 7 nitrogen and oxygen atoms in total. The van der Waals surface area contributed by atoms with Gasteiger partial charge < -0.3 is 24.3 Å². The van der Waals surface area contributed by atoms with Crippen LogP contribution in [0.3, 0.4) is 0 Å². The van der Waals surface area contributed by atoms with Crippen LogP contribution in [-0.4, -0.2) is 41.0 Å². The lowest BCUT2D eigenvalue weighted by molar-refractivity contribution is -0.133. The van der Waals surface area contributed by atoms with Gasteiger partial charge in [0.15, 0.2) is 0 Å². The van der Waals surface area contributed by atoms with Crippen molar-refractivity contribution in [3.05, 3.63) is 95.7 Å². The van der Waals surface area contributed by atoms with Crippen molar-refractivity contribution in [1.29, 1.82) is 0 Å². The Kier molecular flexibility index (Phi) is 6.14. The van der Waals surface area contributed by atoms with Crippen LogP contribution in [-0.2, 0) is 24.4 Å². The molecule has 0 radical (unpaired) electrons. The van der Waals surface area contributed by atoms with Gasteiger partial charge in [-0.25, -0.2) is 0 Å². The summed E-state index contributed by atoms with van der Waals surface area (Å²) in [7, 11) is 3.22. The third-order valence-corrected chi connectivity index (χ3v) is 6.93. The number of fused-ring (bicyclic) bond motifs is 3. The van der Waals surface area contributed by atoms with E-state index in [1.165, 1.54) is 0 Å². The molecule has 1 atom stereocenters. The molecule has 5 rings (SSSR count). The molecule has 1 aromatic heterocycles. The summed E-state index contributed by atoms with van der Waals surface area (Å²) in [4.78, 5) is 29.4. The highest BCUT2D eigenvalue weighted by molar-refractivity contribution is 6.03. The number of benzene rings is 3. The molecule has 0 spiro atoms. The fourth-order valence-corrected chi connectivity index (χ4v) is 4.92. The standard InChI is InChI=1S/C29H29N3O4/c1-29(28(34)30-17-22-11-5-7-14-26(22)36-3)19-31-24-13-6-4-10-21(24)16-25(31)27(33)32(29)18-20-9-8-12-23(15-20)35-2/h4-16H,17-19H2,1-3H3,(H,30,34)/t29-/m1/s1. The second-order valence-corrected chi connectivity index (χ2v) is 9.19. The van der Waals surface area contributed by atoms with Crippen LogP contribution in [0.2, 0.25) is 0 Å². The average Bonchev–Trinajstić information content (AvgIpc) is 3.28. The largest absolute Gasteiger partial charge is 0.497 e. The third kappa shape index (κ3) is 4.06. The maximum Gasteiger partial charge on any atom is 0.271 e. The monoisotopic (exact) mass is 483 g/mol. The Bertz CT molecular complexity index is 1440. The molecule has 3 aromatic carbocycles. The van der Waals surface area contributed by atoms with Gasteiger partial charge in [-0.15, -0.1) is 0 Å². The van der Waals surface area contributed by atoms with E-state index in [1.807, 2.05) is 90.4 Å². The summed E-state index contributed by atoms with van der Waals surface area (Å²) >= 11 is 0. The van der Waals surface area contributed by atoms with Crippen LogP contribution in [0.4, 0.5) is 0 Å². The molecule has 0 saturated heterocycles. The van der Waals surface area contributed by atoms with Gasteiger partial charge in [0.1, 0.15) is 22.7 Å². The molecule has 0 unspecified atom stereocenters. The number of nitrogens with zero attached hydrogens (tertiary/aromatic N) is 2. The summed E-state index contributed by atoms with van der Waals surface area (Å²) < 4.78 is 12.8. The first-order valence-corrected chi connectivity index (χ1v) is 11.9. The van der Waals surface area contributed by atoms with Gasteiger partial charge in [-0.05, 0) is 42.8 Å². The minimum atomic E-state index is -1.13. The molecule has 184 valence electrons.